The molecule has 1 N–H and O–H groups in total. The van der Waals surface area contributed by atoms with Crippen molar-refractivity contribution < 1.29 is 19.1 Å². The van der Waals surface area contributed by atoms with Crippen molar-refractivity contribution in [1.29, 1.82) is 0 Å². The normalized spacial score (nSPS) is 24.9. The van der Waals surface area contributed by atoms with Crippen LogP contribution >= 0.6 is 0 Å². The molecule has 158 valence electrons. The number of hydrogen-bond acceptors (Lipinski definition) is 5. The van der Waals surface area contributed by atoms with Gasteiger partial charge in [0.05, 0.1) is 19.2 Å². The van der Waals surface area contributed by atoms with Gasteiger partial charge in [0.1, 0.15) is 5.54 Å². The van der Waals surface area contributed by atoms with Gasteiger partial charge < -0.3 is 10.1 Å². The highest BCUT2D eigenvalue weighted by atomic mass is 16.5. The van der Waals surface area contributed by atoms with Gasteiger partial charge in [0.25, 0.3) is 5.91 Å². The fourth-order valence-electron chi connectivity index (χ4n) is 4.51. The summed E-state index contributed by atoms with van der Waals surface area (Å²) in [5.74, 6) is -0.703. The molecule has 0 bridgehead atoms. The smallest absolute Gasteiger partial charge is 0.326 e. The Bertz CT molecular complexity index is 986. The predicted octanol–water partition coefficient (Wildman–Crippen LogP) is 2.84. The van der Waals surface area contributed by atoms with Gasteiger partial charge in [-0.3, -0.25) is 14.5 Å². The Morgan fingerprint density at radius 2 is 1.97 bits per heavy atom. The van der Waals surface area contributed by atoms with Crippen molar-refractivity contribution in [3.05, 3.63) is 48.0 Å². The number of ether oxygens (including phenoxy) is 1. The van der Waals surface area contributed by atoms with Gasteiger partial charge in [-0.1, -0.05) is 42.5 Å². The van der Waals surface area contributed by atoms with Crippen LogP contribution in [0.2, 0.25) is 0 Å². The number of fused-ring (bicyclic) bond motifs is 1. The molecule has 2 aromatic carbocycles. The number of amides is 3. The van der Waals surface area contributed by atoms with E-state index >= 15 is 0 Å². The van der Waals surface area contributed by atoms with E-state index in [1.807, 2.05) is 47.4 Å². The van der Waals surface area contributed by atoms with Crippen LogP contribution in [0.5, 0.6) is 0 Å². The van der Waals surface area contributed by atoms with Gasteiger partial charge in [0.15, 0.2) is 0 Å². The van der Waals surface area contributed by atoms with Crippen molar-refractivity contribution in [1.82, 2.24) is 15.1 Å². The van der Waals surface area contributed by atoms with Gasteiger partial charge in [-0.25, -0.2) is 9.69 Å². The van der Waals surface area contributed by atoms with Crippen LogP contribution in [0.3, 0.4) is 0 Å². The first-order chi connectivity index (χ1) is 14.4. The molecule has 4 rings (SSSR count). The van der Waals surface area contributed by atoms with Crippen LogP contribution < -0.4 is 5.32 Å². The van der Waals surface area contributed by atoms with Gasteiger partial charge in [0, 0.05) is 6.54 Å². The second-order valence-corrected chi connectivity index (χ2v) is 8.12. The third-order valence-corrected chi connectivity index (χ3v) is 6.07. The standard InChI is InChI=1S/C23H27N3O4/c1-3-30-20(27)17-10-7-13-25(14-17)15-26-21(28)23(2,24-22(26)29)19-12-6-9-16-8-4-5-11-18(16)19/h4-6,8-9,11-12,17H,3,7,10,13-15H2,1-2H3,(H,24,29)/t17-,23+/m0/s1. The first kappa shape index (κ1) is 20.3. The summed E-state index contributed by atoms with van der Waals surface area (Å²) in [6.07, 6.45) is 1.59. The SMILES string of the molecule is CCOC(=O)[C@H]1CCCN(CN2C(=O)N[C@](C)(c3cccc4ccccc34)C2=O)C1. The quantitative estimate of drug-likeness (QED) is 0.607. The summed E-state index contributed by atoms with van der Waals surface area (Å²) in [5, 5.41) is 4.86. The van der Waals surface area contributed by atoms with Crippen molar-refractivity contribution in [2.24, 2.45) is 5.92 Å². The maximum absolute atomic E-state index is 13.4. The summed E-state index contributed by atoms with van der Waals surface area (Å²) < 4.78 is 5.15. The van der Waals surface area contributed by atoms with Crippen molar-refractivity contribution in [2.45, 2.75) is 32.2 Å². The van der Waals surface area contributed by atoms with E-state index in [0.29, 0.717) is 13.2 Å². The first-order valence-electron chi connectivity index (χ1n) is 10.5. The molecule has 2 aliphatic heterocycles. The molecule has 2 fully saturated rings. The van der Waals surface area contributed by atoms with Crippen molar-refractivity contribution in [3.63, 3.8) is 0 Å². The van der Waals surface area contributed by atoms with E-state index in [1.165, 1.54) is 4.90 Å². The Balaban J connectivity index is 1.55. The minimum atomic E-state index is -1.13. The number of carbonyl (C=O) groups excluding carboxylic acids is 3. The molecule has 0 spiro atoms. The number of piperidine rings is 1. The van der Waals surface area contributed by atoms with Gasteiger partial charge in [-0.15, -0.1) is 0 Å². The summed E-state index contributed by atoms with van der Waals surface area (Å²) in [7, 11) is 0. The Hall–Kier alpha value is -2.93. The molecule has 0 radical (unpaired) electrons. The number of imide groups is 1. The highest BCUT2D eigenvalue weighted by Crippen LogP contribution is 2.34. The molecular formula is C23H27N3O4. The van der Waals surface area contributed by atoms with E-state index in [2.05, 4.69) is 5.32 Å². The zero-order chi connectivity index (χ0) is 21.3. The lowest BCUT2D eigenvalue weighted by Crippen LogP contribution is -2.48. The molecule has 7 nitrogen and oxygen atoms in total. The minimum Gasteiger partial charge on any atom is -0.466 e. The lowest BCUT2D eigenvalue weighted by Gasteiger charge is -2.33. The number of benzene rings is 2. The molecule has 2 heterocycles. The lowest BCUT2D eigenvalue weighted by atomic mass is 9.88. The molecule has 3 amide bonds. The molecule has 2 atom stereocenters. The van der Waals surface area contributed by atoms with Crippen molar-refractivity contribution in [3.8, 4) is 0 Å². The van der Waals surface area contributed by atoms with E-state index in [-0.39, 0.29) is 24.5 Å². The molecule has 2 aromatic rings. The second kappa shape index (κ2) is 8.07. The van der Waals surface area contributed by atoms with E-state index in [4.69, 9.17) is 4.74 Å². The molecule has 0 unspecified atom stereocenters. The predicted molar refractivity (Wildman–Crippen MR) is 112 cm³/mol. The molecule has 2 aliphatic rings. The van der Waals surface area contributed by atoms with Gasteiger partial charge in [-0.05, 0) is 49.6 Å². The van der Waals surface area contributed by atoms with Crippen LogP contribution in [0.25, 0.3) is 10.8 Å². The topological polar surface area (TPSA) is 79.0 Å². The average Bonchev–Trinajstić information content (AvgIpc) is 2.97. The van der Waals surface area contributed by atoms with Gasteiger partial charge >= 0.3 is 12.0 Å². The molecule has 7 heteroatoms. The number of hydrogen-bond donors (Lipinski definition) is 1. The zero-order valence-electron chi connectivity index (χ0n) is 17.4. The number of carbonyl (C=O) groups is 3. The number of esters is 1. The van der Waals surface area contributed by atoms with Crippen LogP contribution in [-0.2, 0) is 19.9 Å². The highest BCUT2D eigenvalue weighted by Gasteiger charge is 2.50. The second-order valence-electron chi connectivity index (χ2n) is 8.12. The maximum atomic E-state index is 13.4. The summed E-state index contributed by atoms with van der Waals surface area (Å²) >= 11 is 0. The van der Waals surface area contributed by atoms with Crippen LogP contribution in [0.15, 0.2) is 42.5 Å². The number of urea groups is 1. The Morgan fingerprint density at radius 3 is 2.77 bits per heavy atom. The van der Waals surface area contributed by atoms with Crippen LogP contribution in [-0.4, -0.2) is 54.1 Å². The monoisotopic (exact) mass is 409 g/mol. The Kier molecular flexibility index (Phi) is 5.47. The van der Waals surface area contributed by atoms with Crippen LogP contribution in [0.1, 0.15) is 32.3 Å². The molecular weight excluding hydrogens is 382 g/mol. The number of likely N-dealkylation sites (tertiary alicyclic amines) is 1. The maximum Gasteiger partial charge on any atom is 0.326 e. The van der Waals surface area contributed by atoms with Crippen molar-refractivity contribution in [2.75, 3.05) is 26.4 Å². The van der Waals surface area contributed by atoms with Crippen molar-refractivity contribution >= 4 is 28.7 Å². The van der Waals surface area contributed by atoms with E-state index < -0.39 is 11.6 Å². The fourth-order valence-corrected chi connectivity index (χ4v) is 4.51. The number of nitrogens with zero attached hydrogens (tertiary/aromatic N) is 2. The summed E-state index contributed by atoms with van der Waals surface area (Å²) in [5.41, 5.74) is -0.349. The van der Waals surface area contributed by atoms with Gasteiger partial charge in [0.2, 0.25) is 0 Å². The van der Waals surface area contributed by atoms with Crippen LogP contribution in [0, 0.1) is 5.92 Å². The van der Waals surface area contributed by atoms with Crippen LogP contribution in [0.4, 0.5) is 4.79 Å². The average molecular weight is 409 g/mol. The zero-order valence-corrected chi connectivity index (χ0v) is 17.4. The summed E-state index contributed by atoms with van der Waals surface area (Å²) in [4.78, 5) is 41.5. The third kappa shape index (κ3) is 3.54. The molecule has 0 aromatic heterocycles. The summed E-state index contributed by atoms with van der Waals surface area (Å²) in [6, 6.07) is 13.2. The third-order valence-electron chi connectivity index (χ3n) is 6.07. The van der Waals surface area contributed by atoms with E-state index in [1.54, 1.807) is 13.8 Å². The lowest BCUT2D eigenvalue weighted by molar-refractivity contribution is -0.150. The molecule has 0 saturated carbocycles. The number of nitrogens with one attached hydrogen (secondary N) is 1. The summed E-state index contributed by atoms with van der Waals surface area (Å²) in [6.45, 7) is 5.29. The number of rotatable bonds is 5. The van der Waals surface area contributed by atoms with Gasteiger partial charge in [-0.2, -0.15) is 0 Å². The Morgan fingerprint density at radius 1 is 1.20 bits per heavy atom. The Labute approximate surface area is 176 Å². The van der Waals surface area contributed by atoms with E-state index in [0.717, 1.165) is 35.7 Å². The largest absolute Gasteiger partial charge is 0.466 e. The highest BCUT2D eigenvalue weighted by molar-refractivity contribution is 6.09. The molecule has 30 heavy (non-hydrogen) atoms. The minimum absolute atomic E-state index is 0.168. The molecule has 2 saturated heterocycles. The molecule has 0 aliphatic carbocycles. The fraction of sp³-hybridized carbons (Fsp3) is 0.435. The van der Waals surface area contributed by atoms with E-state index in [9.17, 15) is 14.4 Å². The first-order valence-corrected chi connectivity index (χ1v) is 10.5.